The fourth-order valence-corrected chi connectivity index (χ4v) is 3.16. The molecule has 0 spiro atoms. The van der Waals surface area contributed by atoms with E-state index < -0.39 is 43.7 Å². The van der Waals surface area contributed by atoms with Gasteiger partial charge in [0.2, 0.25) is 0 Å². The van der Waals surface area contributed by atoms with Gasteiger partial charge in [0.05, 0.1) is 0 Å². The van der Waals surface area contributed by atoms with Crippen molar-refractivity contribution in [1.82, 2.24) is 0 Å². The molecule has 0 N–H and O–H groups in total. The van der Waals surface area contributed by atoms with Gasteiger partial charge in [0.15, 0.2) is 0 Å². The van der Waals surface area contributed by atoms with Crippen molar-refractivity contribution in [2.75, 3.05) is 11.5 Å². The molecule has 0 unspecified atom stereocenters. The zero-order chi connectivity index (χ0) is 13.0. The van der Waals surface area contributed by atoms with E-state index in [-0.39, 0.29) is 0 Å². The van der Waals surface area contributed by atoms with Crippen LogP contribution in [-0.2, 0) is 38.2 Å². The molecule has 0 heterocycles. The Bertz CT molecular complexity index is 425. The summed E-state index contributed by atoms with van der Waals surface area (Å²) in [5, 5.41) is 0. The first-order valence-corrected chi connectivity index (χ1v) is 7.05. The molecule has 0 rings (SSSR count). The molecule has 0 aromatic carbocycles. The molecule has 0 aliphatic carbocycles. The number of carbonyl (C=O) groups excluding carboxylic acids is 2. The smallest absolute Gasteiger partial charge is 0.319 e. The summed E-state index contributed by atoms with van der Waals surface area (Å²) in [6, 6.07) is 0. The van der Waals surface area contributed by atoms with Gasteiger partial charge < -0.3 is 8.37 Å². The highest BCUT2D eigenvalue weighted by Gasteiger charge is 2.22. The fraction of sp³-hybridized carbons (Fsp3) is 0.667. The van der Waals surface area contributed by atoms with Crippen LogP contribution >= 0.6 is 0 Å². The number of rotatable bonds is 5. The van der Waals surface area contributed by atoms with Crippen LogP contribution < -0.4 is 0 Å². The second-order valence-corrected chi connectivity index (χ2v) is 6.05. The number of hydrogen-bond acceptors (Lipinski definition) is 8. The summed E-state index contributed by atoms with van der Waals surface area (Å²) in [6.45, 7) is 1.72. The van der Waals surface area contributed by atoms with Gasteiger partial charge >= 0.3 is 32.2 Å². The molecule has 94 valence electrons. The van der Waals surface area contributed by atoms with E-state index >= 15 is 0 Å². The van der Waals surface area contributed by atoms with E-state index in [4.69, 9.17) is 0 Å². The van der Waals surface area contributed by atoms with Crippen molar-refractivity contribution in [3.63, 3.8) is 0 Å². The van der Waals surface area contributed by atoms with Gasteiger partial charge in [-0.3, -0.25) is 9.59 Å². The molecule has 0 saturated heterocycles. The SMILES string of the molecule is CC(=O)OS(=O)(=O)CCS(=O)(=O)OC(C)=O. The highest BCUT2D eigenvalue weighted by molar-refractivity contribution is 7.90. The van der Waals surface area contributed by atoms with E-state index in [2.05, 4.69) is 8.37 Å². The lowest BCUT2D eigenvalue weighted by Gasteiger charge is -2.04. The van der Waals surface area contributed by atoms with E-state index in [1.54, 1.807) is 0 Å². The molecule has 0 aliphatic rings. The summed E-state index contributed by atoms with van der Waals surface area (Å²) < 4.78 is 51.4. The lowest BCUT2D eigenvalue weighted by molar-refractivity contribution is -0.132. The lowest BCUT2D eigenvalue weighted by atomic mass is 10.9. The third-order valence-electron chi connectivity index (χ3n) is 1.07. The van der Waals surface area contributed by atoms with E-state index in [1.165, 1.54) is 0 Å². The third kappa shape index (κ3) is 7.17. The molecule has 0 bridgehead atoms. The van der Waals surface area contributed by atoms with E-state index in [1.807, 2.05) is 0 Å². The van der Waals surface area contributed by atoms with Gasteiger partial charge in [0.1, 0.15) is 11.5 Å². The first-order chi connectivity index (χ1) is 7.04. The summed E-state index contributed by atoms with van der Waals surface area (Å²) >= 11 is 0. The van der Waals surface area contributed by atoms with Crippen molar-refractivity contribution in [1.29, 1.82) is 0 Å². The second-order valence-electron chi connectivity index (χ2n) is 2.67. The standard InChI is InChI=1S/C6H10O8S2/c1-5(7)13-15(9,10)3-4-16(11,12)14-6(2)8/h3-4H2,1-2H3. The maximum Gasteiger partial charge on any atom is 0.319 e. The Morgan fingerprint density at radius 2 is 1.06 bits per heavy atom. The maximum absolute atomic E-state index is 10.9. The molecule has 0 atom stereocenters. The van der Waals surface area contributed by atoms with Crippen LogP contribution in [0.15, 0.2) is 0 Å². The Morgan fingerprint density at radius 1 is 0.812 bits per heavy atom. The minimum atomic E-state index is -4.27. The van der Waals surface area contributed by atoms with Gasteiger partial charge in [-0.2, -0.15) is 16.8 Å². The van der Waals surface area contributed by atoms with Crippen LogP contribution in [0.2, 0.25) is 0 Å². The lowest BCUT2D eigenvalue weighted by Crippen LogP contribution is -2.23. The van der Waals surface area contributed by atoms with Gasteiger partial charge in [-0.15, -0.1) is 0 Å². The predicted octanol–water partition coefficient (Wildman–Crippen LogP) is -1.23. The molecule has 0 radical (unpaired) electrons. The van der Waals surface area contributed by atoms with Crippen LogP contribution in [-0.4, -0.2) is 40.3 Å². The molecule has 10 heteroatoms. The van der Waals surface area contributed by atoms with Crippen LogP contribution in [0.3, 0.4) is 0 Å². The first-order valence-electron chi connectivity index (χ1n) is 3.89. The van der Waals surface area contributed by atoms with Crippen molar-refractivity contribution >= 4 is 32.2 Å². The normalized spacial score (nSPS) is 11.9. The monoisotopic (exact) mass is 274 g/mol. The third-order valence-corrected chi connectivity index (χ3v) is 3.72. The molecular formula is C6H10O8S2. The Balaban J connectivity index is 4.46. The van der Waals surface area contributed by atoms with E-state index in [0.29, 0.717) is 0 Å². The Labute approximate surface area is 92.8 Å². The largest absolute Gasteiger partial charge is 0.346 e. The van der Waals surface area contributed by atoms with Crippen molar-refractivity contribution in [2.24, 2.45) is 0 Å². The predicted molar refractivity (Wildman–Crippen MR) is 51.1 cm³/mol. The molecule has 0 aromatic rings. The zero-order valence-electron chi connectivity index (χ0n) is 8.50. The van der Waals surface area contributed by atoms with Crippen molar-refractivity contribution in [2.45, 2.75) is 13.8 Å². The molecular weight excluding hydrogens is 264 g/mol. The number of carbonyl (C=O) groups is 2. The van der Waals surface area contributed by atoms with Gasteiger partial charge in [-0.25, -0.2) is 0 Å². The summed E-state index contributed by atoms with van der Waals surface area (Å²) in [4.78, 5) is 20.7. The Hall–Kier alpha value is -1.16. The highest BCUT2D eigenvalue weighted by Crippen LogP contribution is 2.00. The Kier molecular flexibility index (Phi) is 4.87. The van der Waals surface area contributed by atoms with E-state index in [9.17, 15) is 26.4 Å². The highest BCUT2D eigenvalue weighted by atomic mass is 32.2. The summed E-state index contributed by atoms with van der Waals surface area (Å²) in [7, 11) is -8.54. The quantitative estimate of drug-likeness (QED) is 0.571. The molecule has 16 heavy (non-hydrogen) atoms. The molecule has 0 amide bonds. The minimum absolute atomic E-state index is 0.859. The van der Waals surface area contributed by atoms with Crippen molar-refractivity contribution in [3.8, 4) is 0 Å². The summed E-state index contributed by atoms with van der Waals surface area (Å²) in [5.74, 6) is -4.10. The van der Waals surface area contributed by atoms with Crippen molar-refractivity contribution < 1.29 is 34.8 Å². The van der Waals surface area contributed by atoms with Crippen LogP contribution in [0.4, 0.5) is 0 Å². The zero-order valence-corrected chi connectivity index (χ0v) is 10.1. The van der Waals surface area contributed by atoms with E-state index in [0.717, 1.165) is 13.8 Å². The van der Waals surface area contributed by atoms with Crippen LogP contribution in [0, 0.1) is 0 Å². The number of hydrogen-bond donors (Lipinski definition) is 0. The van der Waals surface area contributed by atoms with Gasteiger partial charge in [-0.1, -0.05) is 0 Å². The average molecular weight is 274 g/mol. The molecule has 8 nitrogen and oxygen atoms in total. The Morgan fingerprint density at radius 3 is 1.25 bits per heavy atom. The minimum Gasteiger partial charge on any atom is -0.346 e. The first kappa shape index (κ1) is 14.8. The van der Waals surface area contributed by atoms with Crippen molar-refractivity contribution in [3.05, 3.63) is 0 Å². The van der Waals surface area contributed by atoms with Gasteiger partial charge in [0, 0.05) is 13.8 Å². The summed E-state index contributed by atoms with van der Waals surface area (Å²) in [5.41, 5.74) is 0. The van der Waals surface area contributed by atoms with Gasteiger partial charge in [-0.05, 0) is 0 Å². The molecule has 0 fully saturated rings. The summed E-state index contributed by atoms with van der Waals surface area (Å²) in [6.07, 6.45) is 0. The topological polar surface area (TPSA) is 121 Å². The second kappa shape index (κ2) is 5.25. The molecule has 0 aliphatic heterocycles. The van der Waals surface area contributed by atoms with Crippen LogP contribution in [0.1, 0.15) is 13.8 Å². The average Bonchev–Trinajstić information content (AvgIpc) is 1.96. The maximum atomic E-state index is 10.9. The van der Waals surface area contributed by atoms with Crippen LogP contribution in [0.25, 0.3) is 0 Å². The van der Waals surface area contributed by atoms with Crippen LogP contribution in [0.5, 0.6) is 0 Å². The fourth-order valence-electron chi connectivity index (χ4n) is 0.645. The van der Waals surface area contributed by atoms with Gasteiger partial charge in [0.25, 0.3) is 0 Å². The molecule has 0 saturated carbocycles. The molecule has 0 aromatic heterocycles.